The van der Waals surface area contributed by atoms with Gasteiger partial charge in [0.2, 0.25) is 0 Å². The van der Waals surface area contributed by atoms with E-state index in [1.165, 1.54) is 7.11 Å². The Bertz CT molecular complexity index is 551. The standard InChI is InChI=1S/C11H15N5O2/c1-12-8-7-16-6-5-14-11(16)10(15-8)13-4-3-9(17)18-2/h5-7,12H,3-4H2,1-2H3,(H,13,15). The number of carbonyl (C=O) groups excluding carboxylic acids is 1. The van der Waals surface area contributed by atoms with Crippen molar-refractivity contribution in [3.05, 3.63) is 18.6 Å². The molecule has 0 aliphatic rings. The zero-order chi connectivity index (χ0) is 13.0. The van der Waals surface area contributed by atoms with E-state index in [0.717, 1.165) is 11.5 Å². The van der Waals surface area contributed by atoms with Crippen molar-refractivity contribution in [1.29, 1.82) is 0 Å². The first-order valence-corrected chi connectivity index (χ1v) is 5.56. The number of hydrogen-bond acceptors (Lipinski definition) is 6. The van der Waals surface area contributed by atoms with Crippen molar-refractivity contribution in [3.63, 3.8) is 0 Å². The van der Waals surface area contributed by atoms with Gasteiger partial charge < -0.3 is 19.8 Å². The van der Waals surface area contributed by atoms with Crippen molar-refractivity contribution < 1.29 is 9.53 Å². The first-order chi connectivity index (χ1) is 8.74. The summed E-state index contributed by atoms with van der Waals surface area (Å²) >= 11 is 0. The fraction of sp³-hybridized carbons (Fsp3) is 0.364. The third-order valence-electron chi connectivity index (χ3n) is 2.48. The molecule has 0 spiro atoms. The highest BCUT2D eigenvalue weighted by Gasteiger charge is 2.07. The third-order valence-corrected chi connectivity index (χ3v) is 2.48. The molecule has 0 amide bonds. The molecule has 0 radical (unpaired) electrons. The number of nitrogens with one attached hydrogen (secondary N) is 2. The number of ether oxygens (including phenoxy) is 1. The highest BCUT2D eigenvalue weighted by molar-refractivity contribution is 5.71. The average Bonchev–Trinajstić information content (AvgIpc) is 2.86. The molecule has 7 nitrogen and oxygen atoms in total. The minimum Gasteiger partial charge on any atom is -0.469 e. The highest BCUT2D eigenvalue weighted by atomic mass is 16.5. The third kappa shape index (κ3) is 2.50. The Balaban J connectivity index is 2.15. The molecule has 0 saturated heterocycles. The summed E-state index contributed by atoms with van der Waals surface area (Å²) in [6.45, 7) is 0.454. The van der Waals surface area contributed by atoms with Gasteiger partial charge in [0.15, 0.2) is 11.5 Å². The van der Waals surface area contributed by atoms with Gasteiger partial charge in [0.1, 0.15) is 5.82 Å². The lowest BCUT2D eigenvalue weighted by Crippen LogP contribution is -2.12. The molecule has 0 unspecified atom stereocenters. The van der Waals surface area contributed by atoms with Crippen LogP contribution in [0, 0.1) is 0 Å². The van der Waals surface area contributed by atoms with Crippen LogP contribution in [-0.4, -0.2) is 41.0 Å². The maximum Gasteiger partial charge on any atom is 0.307 e. The van der Waals surface area contributed by atoms with Gasteiger partial charge in [-0.05, 0) is 0 Å². The van der Waals surface area contributed by atoms with Crippen molar-refractivity contribution in [1.82, 2.24) is 14.4 Å². The van der Waals surface area contributed by atoms with Gasteiger partial charge >= 0.3 is 5.97 Å². The summed E-state index contributed by atoms with van der Waals surface area (Å²) in [4.78, 5) is 19.6. The number of fused-ring (bicyclic) bond motifs is 1. The number of hydrogen-bond donors (Lipinski definition) is 2. The van der Waals surface area contributed by atoms with E-state index in [2.05, 4.69) is 25.3 Å². The topological polar surface area (TPSA) is 80.5 Å². The van der Waals surface area contributed by atoms with Crippen LogP contribution in [0.2, 0.25) is 0 Å². The summed E-state index contributed by atoms with van der Waals surface area (Å²) in [6, 6.07) is 0. The molecule has 18 heavy (non-hydrogen) atoms. The van der Waals surface area contributed by atoms with Crippen LogP contribution >= 0.6 is 0 Å². The van der Waals surface area contributed by atoms with Crippen LogP contribution in [0.25, 0.3) is 5.65 Å². The molecular weight excluding hydrogens is 234 g/mol. The van der Waals surface area contributed by atoms with Crippen LogP contribution in [0.15, 0.2) is 18.6 Å². The van der Waals surface area contributed by atoms with E-state index >= 15 is 0 Å². The lowest BCUT2D eigenvalue weighted by molar-refractivity contribution is -0.140. The summed E-state index contributed by atoms with van der Waals surface area (Å²) < 4.78 is 6.43. The smallest absolute Gasteiger partial charge is 0.307 e. The van der Waals surface area contributed by atoms with Crippen molar-refractivity contribution in [3.8, 4) is 0 Å². The molecule has 0 aliphatic heterocycles. The quantitative estimate of drug-likeness (QED) is 0.761. The summed E-state index contributed by atoms with van der Waals surface area (Å²) in [5, 5.41) is 6.05. The minimum absolute atomic E-state index is 0.258. The number of anilines is 2. The summed E-state index contributed by atoms with van der Waals surface area (Å²) in [7, 11) is 3.17. The second-order valence-corrected chi connectivity index (χ2v) is 3.64. The molecular formula is C11H15N5O2. The van der Waals surface area contributed by atoms with Gasteiger partial charge in [-0.3, -0.25) is 4.79 Å². The number of carbonyl (C=O) groups is 1. The van der Waals surface area contributed by atoms with E-state index in [9.17, 15) is 4.79 Å². The fourth-order valence-electron chi connectivity index (χ4n) is 1.56. The number of methoxy groups -OCH3 is 1. The molecule has 2 rings (SSSR count). The Kier molecular flexibility index (Phi) is 3.61. The molecule has 2 heterocycles. The number of nitrogens with zero attached hydrogens (tertiary/aromatic N) is 3. The SMILES string of the molecule is CNc1cn2ccnc2c(NCCC(=O)OC)n1. The van der Waals surface area contributed by atoms with Gasteiger partial charge in [0.25, 0.3) is 0 Å². The average molecular weight is 249 g/mol. The maximum atomic E-state index is 11.0. The van der Waals surface area contributed by atoms with Gasteiger partial charge in [-0.15, -0.1) is 0 Å². The van der Waals surface area contributed by atoms with Crippen LogP contribution in [0.5, 0.6) is 0 Å². The summed E-state index contributed by atoms with van der Waals surface area (Å²) in [6.07, 6.45) is 5.66. The van der Waals surface area contributed by atoms with Crippen LogP contribution < -0.4 is 10.6 Å². The molecule has 0 aromatic carbocycles. The maximum absolute atomic E-state index is 11.0. The Labute approximate surface area is 104 Å². The van der Waals surface area contributed by atoms with E-state index in [1.807, 2.05) is 16.8 Å². The van der Waals surface area contributed by atoms with Crippen LogP contribution in [0.1, 0.15) is 6.42 Å². The first kappa shape index (κ1) is 12.2. The van der Waals surface area contributed by atoms with Gasteiger partial charge in [0.05, 0.1) is 19.7 Å². The van der Waals surface area contributed by atoms with E-state index in [0.29, 0.717) is 12.4 Å². The van der Waals surface area contributed by atoms with Crippen molar-refractivity contribution in [2.75, 3.05) is 31.3 Å². The molecule has 7 heteroatoms. The Morgan fingerprint density at radius 3 is 3.11 bits per heavy atom. The Morgan fingerprint density at radius 2 is 2.39 bits per heavy atom. The molecule has 0 atom stereocenters. The minimum atomic E-state index is -0.258. The molecule has 0 aliphatic carbocycles. The predicted octanol–water partition coefficient (Wildman–Crippen LogP) is 0.746. The Morgan fingerprint density at radius 1 is 1.56 bits per heavy atom. The second kappa shape index (κ2) is 5.35. The number of imidazole rings is 1. The molecule has 0 bridgehead atoms. The normalized spacial score (nSPS) is 10.3. The zero-order valence-corrected chi connectivity index (χ0v) is 10.3. The molecule has 2 N–H and O–H groups in total. The Hall–Kier alpha value is -2.31. The molecule has 0 saturated carbocycles. The molecule has 2 aromatic rings. The second-order valence-electron chi connectivity index (χ2n) is 3.64. The fourth-order valence-corrected chi connectivity index (χ4v) is 1.56. The highest BCUT2D eigenvalue weighted by Crippen LogP contribution is 2.15. The zero-order valence-electron chi connectivity index (χ0n) is 10.3. The van der Waals surface area contributed by atoms with Crippen molar-refractivity contribution >= 4 is 23.3 Å². The lowest BCUT2D eigenvalue weighted by Gasteiger charge is -2.08. The van der Waals surface area contributed by atoms with Crippen LogP contribution in [0.3, 0.4) is 0 Å². The summed E-state index contributed by atoms with van der Waals surface area (Å²) in [5.41, 5.74) is 0.721. The van der Waals surface area contributed by atoms with E-state index in [-0.39, 0.29) is 12.4 Å². The van der Waals surface area contributed by atoms with Gasteiger partial charge in [-0.25, -0.2) is 9.97 Å². The van der Waals surface area contributed by atoms with Gasteiger partial charge in [0, 0.05) is 26.0 Å². The van der Waals surface area contributed by atoms with E-state index in [4.69, 9.17) is 0 Å². The van der Waals surface area contributed by atoms with Gasteiger partial charge in [-0.1, -0.05) is 0 Å². The van der Waals surface area contributed by atoms with Gasteiger partial charge in [-0.2, -0.15) is 0 Å². The lowest BCUT2D eigenvalue weighted by atomic mass is 10.4. The molecule has 0 fully saturated rings. The predicted molar refractivity (Wildman–Crippen MR) is 67.7 cm³/mol. The van der Waals surface area contributed by atoms with Crippen molar-refractivity contribution in [2.45, 2.75) is 6.42 Å². The van der Waals surface area contributed by atoms with E-state index < -0.39 is 0 Å². The molecule has 96 valence electrons. The van der Waals surface area contributed by atoms with Crippen LogP contribution in [-0.2, 0) is 9.53 Å². The number of aromatic nitrogens is 3. The number of rotatable bonds is 5. The molecule has 2 aromatic heterocycles. The largest absolute Gasteiger partial charge is 0.469 e. The monoisotopic (exact) mass is 249 g/mol. The number of esters is 1. The first-order valence-electron chi connectivity index (χ1n) is 5.56. The van der Waals surface area contributed by atoms with Crippen molar-refractivity contribution in [2.24, 2.45) is 0 Å². The van der Waals surface area contributed by atoms with E-state index in [1.54, 1.807) is 13.2 Å². The summed E-state index contributed by atoms with van der Waals surface area (Å²) in [5.74, 6) is 1.10. The van der Waals surface area contributed by atoms with Crippen LogP contribution in [0.4, 0.5) is 11.6 Å².